The van der Waals surface area contributed by atoms with Gasteiger partial charge < -0.3 is 11.1 Å². The topological polar surface area (TPSA) is 55.1 Å². The van der Waals surface area contributed by atoms with Crippen molar-refractivity contribution in [3.05, 3.63) is 29.3 Å². The number of carbonyl (C=O) groups is 1. The molecular formula is C13H20N2OS. The Morgan fingerprint density at radius 1 is 1.47 bits per heavy atom. The molecule has 1 rings (SSSR count). The van der Waals surface area contributed by atoms with Gasteiger partial charge in [0, 0.05) is 17.5 Å². The van der Waals surface area contributed by atoms with Crippen molar-refractivity contribution < 1.29 is 4.79 Å². The van der Waals surface area contributed by atoms with Gasteiger partial charge in [-0.2, -0.15) is 0 Å². The molecule has 1 aromatic rings. The molecule has 0 aromatic heterocycles. The van der Waals surface area contributed by atoms with Gasteiger partial charge in [-0.25, -0.2) is 0 Å². The summed E-state index contributed by atoms with van der Waals surface area (Å²) in [6.45, 7) is 6.66. The van der Waals surface area contributed by atoms with E-state index in [4.69, 9.17) is 5.73 Å². The molecule has 3 nitrogen and oxygen atoms in total. The maximum atomic E-state index is 11.7. The van der Waals surface area contributed by atoms with Gasteiger partial charge >= 0.3 is 0 Å². The molecule has 0 aliphatic rings. The summed E-state index contributed by atoms with van der Waals surface area (Å²) in [7, 11) is 0. The Morgan fingerprint density at radius 2 is 2.18 bits per heavy atom. The van der Waals surface area contributed by atoms with Gasteiger partial charge in [-0.1, -0.05) is 24.6 Å². The summed E-state index contributed by atoms with van der Waals surface area (Å²) in [5.41, 5.74) is 8.68. The molecule has 0 aliphatic carbocycles. The van der Waals surface area contributed by atoms with Gasteiger partial charge in [0.05, 0.1) is 5.75 Å². The number of carbonyl (C=O) groups excluding carboxylic acids is 1. The number of benzene rings is 1. The van der Waals surface area contributed by atoms with Crippen LogP contribution in [0.5, 0.6) is 0 Å². The number of hydrogen-bond donors (Lipinski definition) is 2. The molecule has 0 saturated carbocycles. The van der Waals surface area contributed by atoms with E-state index in [0.717, 1.165) is 11.3 Å². The molecule has 0 heterocycles. The molecule has 4 heteroatoms. The number of hydrogen-bond acceptors (Lipinski definition) is 3. The van der Waals surface area contributed by atoms with E-state index in [1.165, 1.54) is 5.56 Å². The second-order valence-electron chi connectivity index (χ2n) is 4.22. The van der Waals surface area contributed by atoms with E-state index in [0.29, 0.717) is 17.5 Å². The van der Waals surface area contributed by atoms with Crippen LogP contribution in [0.15, 0.2) is 18.2 Å². The van der Waals surface area contributed by atoms with Gasteiger partial charge in [-0.3, -0.25) is 4.79 Å². The monoisotopic (exact) mass is 252 g/mol. The highest BCUT2D eigenvalue weighted by Gasteiger charge is 2.07. The van der Waals surface area contributed by atoms with Crippen molar-refractivity contribution in [2.24, 2.45) is 5.73 Å². The van der Waals surface area contributed by atoms with Gasteiger partial charge in [0.25, 0.3) is 0 Å². The molecule has 94 valence electrons. The van der Waals surface area contributed by atoms with Crippen LogP contribution in [0.2, 0.25) is 0 Å². The highest BCUT2D eigenvalue weighted by molar-refractivity contribution is 8.00. The molecule has 0 radical (unpaired) electrons. The quantitative estimate of drug-likeness (QED) is 0.845. The lowest BCUT2D eigenvalue weighted by molar-refractivity contribution is -0.113. The molecule has 17 heavy (non-hydrogen) atoms. The zero-order chi connectivity index (χ0) is 12.8. The molecule has 0 fully saturated rings. The van der Waals surface area contributed by atoms with Crippen molar-refractivity contribution in [1.82, 2.24) is 0 Å². The van der Waals surface area contributed by atoms with E-state index in [-0.39, 0.29) is 5.91 Å². The Balaban J connectivity index is 2.50. The zero-order valence-electron chi connectivity index (χ0n) is 10.6. The molecule has 1 atom stereocenters. The van der Waals surface area contributed by atoms with Crippen molar-refractivity contribution in [1.29, 1.82) is 0 Å². The summed E-state index contributed by atoms with van der Waals surface area (Å²) in [4.78, 5) is 11.7. The first-order valence-electron chi connectivity index (χ1n) is 5.71. The first-order chi connectivity index (χ1) is 8.02. The molecule has 0 aliphatic heterocycles. The lowest BCUT2D eigenvalue weighted by Crippen LogP contribution is -2.19. The maximum Gasteiger partial charge on any atom is 0.234 e. The minimum absolute atomic E-state index is 0.0299. The number of anilines is 1. The Bertz CT molecular complexity index is 393. The van der Waals surface area contributed by atoms with Crippen molar-refractivity contribution >= 4 is 23.4 Å². The maximum absolute atomic E-state index is 11.7. The SMILES string of the molecule is Cc1ccc(NC(=O)CSC(C)CN)c(C)c1. The number of nitrogens with one attached hydrogen (secondary N) is 1. The third-order valence-corrected chi connectivity index (χ3v) is 3.68. The minimum atomic E-state index is 0.0299. The lowest BCUT2D eigenvalue weighted by atomic mass is 10.1. The lowest BCUT2D eigenvalue weighted by Gasteiger charge is -2.10. The predicted octanol–water partition coefficient (Wildman–Crippen LogP) is 2.32. The second kappa shape index (κ2) is 6.67. The fourth-order valence-corrected chi connectivity index (χ4v) is 2.07. The molecule has 1 unspecified atom stereocenters. The van der Waals surface area contributed by atoms with Gasteiger partial charge in [0.1, 0.15) is 0 Å². The highest BCUT2D eigenvalue weighted by Crippen LogP contribution is 2.17. The van der Waals surface area contributed by atoms with Crippen molar-refractivity contribution in [2.75, 3.05) is 17.6 Å². The van der Waals surface area contributed by atoms with Crippen LogP contribution in [0.25, 0.3) is 0 Å². The van der Waals surface area contributed by atoms with E-state index in [1.54, 1.807) is 11.8 Å². The Labute approximate surface area is 107 Å². The van der Waals surface area contributed by atoms with Crippen LogP contribution < -0.4 is 11.1 Å². The molecule has 1 aromatic carbocycles. The minimum Gasteiger partial charge on any atom is -0.329 e. The molecule has 1 amide bonds. The van der Waals surface area contributed by atoms with Crippen LogP contribution >= 0.6 is 11.8 Å². The summed E-state index contributed by atoms with van der Waals surface area (Å²) in [5, 5.41) is 3.24. The Hall–Kier alpha value is -1.00. The van der Waals surface area contributed by atoms with E-state index in [9.17, 15) is 4.79 Å². The number of amides is 1. The van der Waals surface area contributed by atoms with Gasteiger partial charge in [-0.15, -0.1) is 11.8 Å². The summed E-state index contributed by atoms with van der Waals surface area (Å²) >= 11 is 1.58. The Kier molecular flexibility index (Phi) is 5.51. The van der Waals surface area contributed by atoms with Crippen LogP contribution in [0.4, 0.5) is 5.69 Å². The highest BCUT2D eigenvalue weighted by atomic mass is 32.2. The zero-order valence-corrected chi connectivity index (χ0v) is 11.4. The number of thioether (sulfide) groups is 1. The molecular weight excluding hydrogens is 232 g/mol. The van der Waals surface area contributed by atoms with Crippen molar-refractivity contribution in [3.8, 4) is 0 Å². The smallest absolute Gasteiger partial charge is 0.234 e. The van der Waals surface area contributed by atoms with Crippen molar-refractivity contribution in [3.63, 3.8) is 0 Å². The number of nitrogens with two attached hydrogens (primary N) is 1. The van der Waals surface area contributed by atoms with Crippen LogP contribution in [-0.4, -0.2) is 23.5 Å². The number of aryl methyl sites for hydroxylation is 2. The fraction of sp³-hybridized carbons (Fsp3) is 0.462. The summed E-state index contributed by atoms with van der Waals surface area (Å²) in [5.74, 6) is 0.480. The van der Waals surface area contributed by atoms with E-state index in [2.05, 4.69) is 11.4 Å². The Morgan fingerprint density at radius 3 is 2.76 bits per heavy atom. The van der Waals surface area contributed by atoms with Gasteiger partial charge in [0.15, 0.2) is 0 Å². The second-order valence-corrected chi connectivity index (χ2v) is 5.65. The average molecular weight is 252 g/mol. The molecule has 0 spiro atoms. The fourth-order valence-electron chi connectivity index (χ4n) is 1.43. The molecule has 3 N–H and O–H groups in total. The number of rotatable bonds is 5. The summed E-state index contributed by atoms with van der Waals surface area (Å²) < 4.78 is 0. The summed E-state index contributed by atoms with van der Waals surface area (Å²) in [6.07, 6.45) is 0. The van der Waals surface area contributed by atoms with Crippen LogP contribution in [0.1, 0.15) is 18.1 Å². The van der Waals surface area contributed by atoms with Gasteiger partial charge in [0.2, 0.25) is 5.91 Å². The predicted molar refractivity (Wildman–Crippen MR) is 75.5 cm³/mol. The van der Waals surface area contributed by atoms with Crippen LogP contribution in [-0.2, 0) is 4.79 Å². The largest absolute Gasteiger partial charge is 0.329 e. The first kappa shape index (κ1) is 14.1. The normalized spacial score (nSPS) is 12.2. The van der Waals surface area contributed by atoms with Gasteiger partial charge in [-0.05, 0) is 25.5 Å². The third-order valence-electron chi connectivity index (χ3n) is 2.49. The average Bonchev–Trinajstić information content (AvgIpc) is 2.29. The van der Waals surface area contributed by atoms with E-state index < -0.39 is 0 Å². The van der Waals surface area contributed by atoms with Crippen molar-refractivity contribution in [2.45, 2.75) is 26.0 Å². The van der Waals surface area contributed by atoms with Crippen LogP contribution in [0.3, 0.4) is 0 Å². The van der Waals surface area contributed by atoms with Crippen LogP contribution in [0, 0.1) is 13.8 Å². The standard InChI is InChI=1S/C13H20N2OS/c1-9-4-5-12(10(2)6-9)15-13(16)8-17-11(3)7-14/h4-6,11H,7-8,14H2,1-3H3,(H,15,16). The molecule has 0 saturated heterocycles. The third kappa shape index (κ3) is 4.79. The van der Waals surface area contributed by atoms with E-state index >= 15 is 0 Å². The molecule has 0 bridgehead atoms. The van der Waals surface area contributed by atoms with E-state index in [1.807, 2.05) is 32.9 Å². The first-order valence-corrected chi connectivity index (χ1v) is 6.76. The summed E-state index contributed by atoms with van der Waals surface area (Å²) in [6, 6.07) is 6.00.